The molecule has 88 valence electrons. The summed E-state index contributed by atoms with van der Waals surface area (Å²) < 4.78 is 5.72. The fraction of sp³-hybridized carbons (Fsp3) is 0. The number of halogens is 1. The van der Waals surface area contributed by atoms with Gasteiger partial charge in [-0.3, -0.25) is 4.98 Å². The molecule has 3 rings (SSSR count). The van der Waals surface area contributed by atoms with E-state index in [1.807, 2.05) is 30.5 Å². The highest BCUT2D eigenvalue weighted by atomic mass is 35.5. The molecule has 0 saturated carbocycles. The second kappa shape index (κ2) is 4.63. The van der Waals surface area contributed by atoms with Crippen molar-refractivity contribution >= 4 is 22.4 Å². The second-order valence-corrected chi connectivity index (χ2v) is 4.19. The number of ether oxygens (including phenoxy) is 1. The lowest BCUT2D eigenvalue weighted by atomic mass is 10.2. The van der Waals surface area contributed by atoms with Crippen molar-refractivity contribution in [1.82, 2.24) is 9.97 Å². The van der Waals surface area contributed by atoms with Gasteiger partial charge in [0.15, 0.2) is 0 Å². The maximum atomic E-state index is 5.81. The number of hydrogen-bond acceptors (Lipinski definition) is 3. The fourth-order valence-corrected chi connectivity index (χ4v) is 1.87. The highest BCUT2D eigenvalue weighted by molar-refractivity contribution is 6.29. The summed E-state index contributed by atoms with van der Waals surface area (Å²) in [5.41, 5.74) is 0. The smallest absolute Gasteiger partial charge is 0.132 e. The van der Waals surface area contributed by atoms with E-state index in [4.69, 9.17) is 16.3 Å². The molecule has 1 aromatic carbocycles. The summed E-state index contributed by atoms with van der Waals surface area (Å²) in [6.45, 7) is 0. The summed E-state index contributed by atoms with van der Waals surface area (Å²) in [6, 6.07) is 11.2. The van der Waals surface area contributed by atoms with E-state index in [9.17, 15) is 0 Å². The molecule has 2 heterocycles. The predicted molar refractivity (Wildman–Crippen MR) is 71.1 cm³/mol. The summed E-state index contributed by atoms with van der Waals surface area (Å²) >= 11 is 5.81. The fourth-order valence-electron chi connectivity index (χ4n) is 1.71. The largest absolute Gasteiger partial charge is 0.457 e. The van der Waals surface area contributed by atoms with Gasteiger partial charge in [0.25, 0.3) is 0 Å². The third-order valence-electron chi connectivity index (χ3n) is 2.55. The van der Waals surface area contributed by atoms with Gasteiger partial charge in [0.1, 0.15) is 16.7 Å². The number of pyridine rings is 2. The first-order valence-corrected chi connectivity index (χ1v) is 5.82. The Morgan fingerprint density at radius 1 is 0.889 bits per heavy atom. The third-order valence-corrected chi connectivity index (χ3v) is 2.75. The Bertz CT molecular complexity index is 700. The van der Waals surface area contributed by atoms with Gasteiger partial charge in [0.2, 0.25) is 0 Å². The Labute approximate surface area is 109 Å². The topological polar surface area (TPSA) is 35.0 Å². The van der Waals surface area contributed by atoms with Crippen LogP contribution in [0.15, 0.2) is 55.0 Å². The average molecular weight is 257 g/mol. The van der Waals surface area contributed by atoms with Crippen LogP contribution in [0, 0.1) is 0 Å². The van der Waals surface area contributed by atoms with Crippen LogP contribution in [0.4, 0.5) is 0 Å². The molecule has 18 heavy (non-hydrogen) atoms. The van der Waals surface area contributed by atoms with Crippen LogP contribution in [0.5, 0.6) is 11.5 Å². The van der Waals surface area contributed by atoms with Crippen LogP contribution in [-0.2, 0) is 0 Å². The zero-order valence-electron chi connectivity index (χ0n) is 9.38. The van der Waals surface area contributed by atoms with Gasteiger partial charge in [-0.25, -0.2) is 4.98 Å². The first-order chi connectivity index (χ1) is 8.81. The molecule has 0 spiro atoms. The Morgan fingerprint density at radius 2 is 1.78 bits per heavy atom. The number of fused-ring (bicyclic) bond motifs is 1. The maximum Gasteiger partial charge on any atom is 0.132 e. The van der Waals surface area contributed by atoms with E-state index < -0.39 is 0 Å². The quantitative estimate of drug-likeness (QED) is 0.648. The van der Waals surface area contributed by atoms with Gasteiger partial charge in [-0.1, -0.05) is 11.6 Å². The molecule has 0 N–H and O–H groups in total. The minimum Gasteiger partial charge on any atom is -0.457 e. The van der Waals surface area contributed by atoms with Gasteiger partial charge in [0.05, 0.1) is 0 Å². The standard InChI is InChI=1S/C14H9ClN2O/c15-14-8-13(4-6-17-14)18-12-2-1-11-9-16-5-3-10(11)7-12/h1-9H. The predicted octanol–water partition coefficient (Wildman–Crippen LogP) is 4.08. The van der Waals surface area contributed by atoms with Gasteiger partial charge in [-0.15, -0.1) is 0 Å². The summed E-state index contributed by atoms with van der Waals surface area (Å²) in [7, 11) is 0. The highest BCUT2D eigenvalue weighted by Gasteiger charge is 2.00. The van der Waals surface area contributed by atoms with Crippen molar-refractivity contribution < 1.29 is 4.74 Å². The van der Waals surface area contributed by atoms with Crippen molar-refractivity contribution in [2.75, 3.05) is 0 Å². The number of hydrogen-bond donors (Lipinski definition) is 0. The zero-order chi connectivity index (χ0) is 12.4. The molecule has 0 fully saturated rings. The molecule has 4 heteroatoms. The van der Waals surface area contributed by atoms with E-state index in [-0.39, 0.29) is 0 Å². The first-order valence-electron chi connectivity index (χ1n) is 5.44. The molecule has 3 nitrogen and oxygen atoms in total. The van der Waals surface area contributed by atoms with Crippen molar-refractivity contribution in [3.63, 3.8) is 0 Å². The van der Waals surface area contributed by atoms with Crippen LogP contribution in [0.3, 0.4) is 0 Å². The van der Waals surface area contributed by atoms with Gasteiger partial charge in [-0.2, -0.15) is 0 Å². The minimum absolute atomic E-state index is 0.414. The highest BCUT2D eigenvalue weighted by Crippen LogP contribution is 2.26. The average Bonchev–Trinajstić information content (AvgIpc) is 2.39. The summed E-state index contributed by atoms with van der Waals surface area (Å²) in [4.78, 5) is 7.98. The summed E-state index contributed by atoms with van der Waals surface area (Å²) in [5, 5.41) is 2.58. The second-order valence-electron chi connectivity index (χ2n) is 3.80. The van der Waals surface area contributed by atoms with E-state index in [1.165, 1.54) is 0 Å². The monoisotopic (exact) mass is 256 g/mol. The lowest BCUT2D eigenvalue weighted by Crippen LogP contribution is -1.85. The molecule has 0 radical (unpaired) electrons. The molecule has 0 bridgehead atoms. The molecule has 0 aliphatic rings. The van der Waals surface area contributed by atoms with Crippen LogP contribution < -0.4 is 4.74 Å². The van der Waals surface area contributed by atoms with Crippen molar-refractivity contribution in [2.24, 2.45) is 0 Å². The van der Waals surface area contributed by atoms with Gasteiger partial charge < -0.3 is 4.74 Å². The van der Waals surface area contributed by atoms with Crippen molar-refractivity contribution in [3.8, 4) is 11.5 Å². The molecule has 0 saturated heterocycles. The summed E-state index contributed by atoms with van der Waals surface area (Å²) in [6.07, 6.45) is 5.19. The Hall–Kier alpha value is -2.13. The minimum atomic E-state index is 0.414. The Balaban J connectivity index is 1.95. The SMILES string of the molecule is Clc1cc(Oc2ccc3cnccc3c2)ccn1. The molecule has 3 aromatic rings. The van der Waals surface area contributed by atoms with Crippen molar-refractivity contribution in [2.45, 2.75) is 0 Å². The molecule has 0 aliphatic heterocycles. The maximum absolute atomic E-state index is 5.81. The molecule has 0 unspecified atom stereocenters. The van der Waals surface area contributed by atoms with E-state index in [1.54, 1.807) is 24.5 Å². The number of aromatic nitrogens is 2. The normalized spacial score (nSPS) is 10.5. The van der Waals surface area contributed by atoms with Crippen LogP contribution >= 0.6 is 11.6 Å². The molecule has 0 amide bonds. The van der Waals surface area contributed by atoms with Crippen LogP contribution in [0.1, 0.15) is 0 Å². The Kier molecular flexibility index (Phi) is 2.82. The first kappa shape index (κ1) is 11.0. The van der Waals surface area contributed by atoms with E-state index >= 15 is 0 Å². The third kappa shape index (κ3) is 2.26. The molecule has 2 aromatic heterocycles. The zero-order valence-corrected chi connectivity index (χ0v) is 10.1. The Morgan fingerprint density at radius 3 is 2.67 bits per heavy atom. The van der Waals surface area contributed by atoms with Crippen LogP contribution in [0.2, 0.25) is 5.15 Å². The van der Waals surface area contributed by atoms with Crippen molar-refractivity contribution in [3.05, 3.63) is 60.1 Å². The summed E-state index contributed by atoms with van der Waals surface area (Å²) in [5.74, 6) is 1.43. The van der Waals surface area contributed by atoms with Crippen molar-refractivity contribution in [1.29, 1.82) is 0 Å². The molecule has 0 aliphatic carbocycles. The van der Waals surface area contributed by atoms with Gasteiger partial charge in [0, 0.05) is 30.0 Å². The van der Waals surface area contributed by atoms with Crippen LogP contribution in [-0.4, -0.2) is 9.97 Å². The molecule has 0 atom stereocenters. The number of benzene rings is 1. The van der Waals surface area contributed by atoms with E-state index in [2.05, 4.69) is 9.97 Å². The van der Waals surface area contributed by atoms with E-state index in [0.717, 1.165) is 16.5 Å². The lowest BCUT2D eigenvalue weighted by molar-refractivity contribution is 0.483. The molecular formula is C14H9ClN2O. The van der Waals surface area contributed by atoms with Gasteiger partial charge >= 0.3 is 0 Å². The van der Waals surface area contributed by atoms with E-state index in [0.29, 0.717) is 10.9 Å². The van der Waals surface area contributed by atoms with Gasteiger partial charge in [-0.05, 0) is 35.7 Å². The lowest BCUT2D eigenvalue weighted by Gasteiger charge is -2.06. The number of nitrogens with zero attached hydrogens (tertiary/aromatic N) is 2. The molecular weight excluding hydrogens is 248 g/mol. The van der Waals surface area contributed by atoms with Crippen LogP contribution in [0.25, 0.3) is 10.8 Å². The number of rotatable bonds is 2.